The van der Waals surface area contributed by atoms with Crippen molar-refractivity contribution in [3.8, 4) is 0 Å². The molecule has 1 aromatic heterocycles. The molecule has 0 N–H and O–H groups in total. The molecular weight excluding hydrogens is 286 g/mol. The first-order chi connectivity index (χ1) is 8.81. The van der Waals surface area contributed by atoms with Gasteiger partial charge in [-0.15, -0.1) is 5.10 Å². The van der Waals surface area contributed by atoms with Crippen LogP contribution in [0.2, 0.25) is 0 Å². The van der Waals surface area contributed by atoms with E-state index in [9.17, 15) is 13.2 Å². The molecule has 0 unspecified atom stereocenters. The number of hydrogen-bond donors (Lipinski definition) is 0. The van der Waals surface area contributed by atoms with Crippen molar-refractivity contribution >= 4 is 27.3 Å². The Morgan fingerprint density at radius 1 is 1.47 bits per heavy atom. The Kier molecular flexibility index (Phi) is 3.91. The Morgan fingerprint density at radius 2 is 2.11 bits per heavy atom. The van der Waals surface area contributed by atoms with Gasteiger partial charge < -0.3 is 4.90 Å². The van der Waals surface area contributed by atoms with Crippen LogP contribution in [-0.4, -0.2) is 52.9 Å². The maximum atomic E-state index is 12.1. The molecule has 8 heteroatoms. The van der Waals surface area contributed by atoms with Gasteiger partial charge in [-0.25, -0.2) is 8.42 Å². The number of nitrogens with zero attached hydrogens (tertiary/aromatic N) is 3. The smallest absolute Gasteiger partial charge is 0.267 e. The predicted molar refractivity (Wildman–Crippen MR) is 73.0 cm³/mol. The fourth-order valence-electron chi connectivity index (χ4n) is 2.00. The molecule has 1 aromatic rings. The van der Waals surface area contributed by atoms with Crippen molar-refractivity contribution in [2.45, 2.75) is 26.0 Å². The molecule has 1 saturated heterocycles. The minimum absolute atomic E-state index is 0.114. The maximum absolute atomic E-state index is 12.1. The number of hydrogen-bond acceptors (Lipinski definition) is 6. The molecule has 2 heterocycles. The third-order valence-corrected chi connectivity index (χ3v) is 6.32. The van der Waals surface area contributed by atoms with Gasteiger partial charge >= 0.3 is 0 Å². The van der Waals surface area contributed by atoms with E-state index in [-0.39, 0.29) is 30.7 Å². The van der Waals surface area contributed by atoms with Crippen molar-refractivity contribution in [3.05, 3.63) is 10.6 Å². The summed E-state index contributed by atoms with van der Waals surface area (Å²) in [5.74, 6) is 0.132. The molecule has 0 spiro atoms. The fraction of sp³-hybridized carbons (Fsp3) is 0.727. The average molecular weight is 303 g/mol. The normalized spacial score (nSPS) is 16.7. The Hall–Kier alpha value is -1.02. The minimum Gasteiger partial charge on any atom is -0.335 e. The summed E-state index contributed by atoms with van der Waals surface area (Å²) < 4.78 is 27.7. The van der Waals surface area contributed by atoms with E-state index in [0.717, 1.165) is 11.5 Å². The SMILES string of the molecule is Cc1nnsc1C(=O)N1CC(S(=O)(=O)CC(C)C)C1. The largest absolute Gasteiger partial charge is 0.335 e. The van der Waals surface area contributed by atoms with Crippen molar-refractivity contribution in [1.82, 2.24) is 14.5 Å². The molecular formula is C11H17N3O3S2. The molecule has 106 valence electrons. The lowest BCUT2D eigenvalue weighted by Gasteiger charge is -2.38. The number of sulfone groups is 1. The summed E-state index contributed by atoms with van der Waals surface area (Å²) in [5, 5.41) is 3.37. The highest BCUT2D eigenvalue weighted by Gasteiger charge is 2.40. The van der Waals surface area contributed by atoms with Gasteiger partial charge in [0.1, 0.15) is 4.88 Å². The van der Waals surface area contributed by atoms with Gasteiger partial charge in [0.2, 0.25) is 0 Å². The Balaban J connectivity index is 1.97. The van der Waals surface area contributed by atoms with Crippen molar-refractivity contribution in [1.29, 1.82) is 0 Å². The van der Waals surface area contributed by atoms with Gasteiger partial charge in [-0.05, 0) is 24.4 Å². The lowest BCUT2D eigenvalue weighted by molar-refractivity contribution is 0.0663. The van der Waals surface area contributed by atoms with Gasteiger partial charge in [-0.2, -0.15) is 0 Å². The zero-order valence-corrected chi connectivity index (χ0v) is 12.8. The van der Waals surface area contributed by atoms with E-state index in [1.165, 1.54) is 0 Å². The molecule has 6 nitrogen and oxygen atoms in total. The second kappa shape index (κ2) is 5.16. The van der Waals surface area contributed by atoms with E-state index in [1.807, 2.05) is 13.8 Å². The van der Waals surface area contributed by atoms with Crippen molar-refractivity contribution in [2.24, 2.45) is 5.92 Å². The first-order valence-electron chi connectivity index (χ1n) is 6.11. The van der Waals surface area contributed by atoms with Crippen LogP contribution in [0.4, 0.5) is 0 Å². The van der Waals surface area contributed by atoms with Gasteiger partial charge in [0, 0.05) is 13.1 Å². The number of rotatable bonds is 4. The van der Waals surface area contributed by atoms with Crippen molar-refractivity contribution in [2.75, 3.05) is 18.8 Å². The highest BCUT2D eigenvalue weighted by molar-refractivity contribution is 7.92. The van der Waals surface area contributed by atoms with Crippen LogP contribution in [0, 0.1) is 12.8 Å². The summed E-state index contributed by atoms with van der Waals surface area (Å²) in [6.07, 6.45) is 0. The summed E-state index contributed by atoms with van der Waals surface area (Å²) in [7, 11) is -3.09. The van der Waals surface area contributed by atoms with Crippen LogP contribution in [0.3, 0.4) is 0 Å². The van der Waals surface area contributed by atoms with Gasteiger partial charge in [-0.1, -0.05) is 18.3 Å². The number of carbonyl (C=O) groups excluding carboxylic acids is 1. The van der Waals surface area contributed by atoms with E-state index >= 15 is 0 Å². The first kappa shape index (κ1) is 14.4. The van der Waals surface area contributed by atoms with E-state index in [1.54, 1.807) is 11.8 Å². The summed E-state index contributed by atoms with van der Waals surface area (Å²) in [6.45, 7) is 6.05. The molecule has 0 radical (unpaired) electrons. The fourth-order valence-corrected chi connectivity index (χ4v) is 4.64. The molecule has 1 amide bonds. The third kappa shape index (κ3) is 2.94. The molecule has 1 aliphatic rings. The summed E-state index contributed by atoms with van der Waals surface area (Å²) in [4.78, 5) is 14.1. The zero-order valence-electron chi connectivity index (χ0n) is 11.2. The van der Waals surface area contributed by atoms with Crippen LogP contribution in [0.1, 0.15) is 29.2 Å². The van der Waals surface area contributed by atoms with Crippen LogP contribution < -0.4 is 0 Å². The second-order valence-corrected chi connectivity index (χ2v) is 8.32. The van der Waals surface area contributed by atoms with Gasteiger partial charge in [0.05, 0.1) is 16.7 Å². The quantitative estimate of drug-likeness (QED) is 0.819. The number of aromatic nitrogens is 2. The highest BCUT2D eigenvalue weighted by Crippen LogP contribution is 2.23. The van der Waals surface area contributed by atoms with Crippen LogP contribution in [0.15, 0.2) is 0 Å². The van der Waals surface area contributed by atoms with E-state index in [0.29, 0.717) is 10.6 Å². The van der Waals surface area contributed by atoms with E-state index in [2.05, 4.69) is 9.59 Å². The predicted octanol–water partition coefficient (Wildman–Crippen LogP) is 0.742. The zero-order chi connectivity index (χ0) is 14.2. The molecule has 1 fully saturated rings. The lowest BCUT2D eigenvalue weighted by Crippen LogP contribution is -2.57. The third-order valence-electron chi connectivity index (χ3n) is 3.05. The van der Waals surface area contributed by atoms with Crippen LogP contribution >= 0.6 is 11.5 Å². The monoisotopic (exact) mass is 303 g/mol. The highest BCUT2D eigenvalue weighted by atomic mass is 32.2. The molecule has 0 bridgehead atoms. The second-order valence-electron chi connectivity index (χ2n) is 5.24. The summed E-state index contributed by atoms with van der Waals surface area (Å²) >= 11 is 1.05. The first-order valence-corrected chi connectivity index (χ1v) is 8.60. The molecule has 0 aromatic carbocycles. The van der Waals surface area contributed by atoms with Crippen LogP contribution in [0.25, 0.3) is 0 Å². The molecule has 0 saturated carbocycles. The number of aryl methyl sites for hydroxylation is 1. The topological polar surface area (TPSA) is 80.2 Å². The minimum atomic E-state index is -3.09. The van der Waals surface area contributed by atoms with Crippen molar-refractivity contribution in [3.63, 3.8) is 0 Å². The number of amides is 1. The Bertz CT molecular complexity index is 574. The van der Waals surface area contributed by atoms with Crippen LogP contribution in [0.5, 0.6) is 0 Å². The van der Waals surface area contributed by atoms with Crippen LogP contribution in [-0.2, 0) is 9.84 Å². The average Bonchev–Trinajstić information content (AvgIpc) is 2.58. The molecule has 1 aliphatic heterocycles. The summed E-state index contributed by atoms with van der Waals surface area (Å²) in [6, 6.07) is 0. The standard InChI is InChI=1S/C11H17N3O3S2/c1-7(2)6-19(16,17)9-4-14(5-9)11(15)10-8(3)12-13-18-10/h7,9H,4-6H2,1-3H3. The lowest BCUT2D eigenvalue weighted by atomic mass is 10.2. The van der Waals surface area contributed by atoms with Gasteiger partial charge in [0.15, 0.2) is 9.84 Å². The number of carbonyl (C=O) groups is 1. The molecule has 0 aliphatic carbocycles. The molecule has 0 atom stereocenters. The molecule has 19 heavy (non-hydrogen) atoms. The van der Waals surface area contributed by atoms with Gasteiger partial charge in [0.25, 0.3) is 5.91 Å². The molecule has 2 rings (SSSR count). The summed E-state index contributed by atoms with van der Waals surface area (Å²) in [5.41, 5.74) is 0.600. The number of likely N-dealkylation sites (tertiary alicyclic amines) is 1. The van der Waals surface area contributed by atoms with Gasteiger partial charge in [-0.3, -0.25) is 4.79 Å². The van der Waals surface area contributed by atoms with Crippen molar-refractivity contribution < 1.29 is 13.2 Å². The van der Waals surface area contributed by atoms with E-state index < -0.39 is 15.1 Å². The Labute approximate surface area is 116 Å². The Morgan fingerprint density at radius 3 is 2.58 bits per heavy atom. The van der Waals surface area contributed by atoms with E-state index in [4.69, 9.17) is 0 Å². The maximum Gasteiger partial charge on any atom is 0.267 e.